The van der Waals surface area contributed by atoms with Gasteiger partial charge in [-0.2, -0.15) is 0 Å². The van der Waals surface area contributed by atoms with Crippen LogP contribution in [-0.2, 0) is 11.2 Å². The summed E-state index contributed by atoms with van der Waals surface area (Å²) in [6, 6.07) is 12.1. The highest BCUT2D eigenvalue weighted by atomic mass is 32.1. The van der Waals surface area contributed by atoms with Crippen molar-refractivity contribution in [3.63, 3.8) is 0 Å². The molecule has 3 N–H and O–H groups in total. The highest BCUT2D eigenvalue weighted by molar-refractivity contribution is 7.14. The van der Waals surface area contributed by atoms with Crippen LogP contribution >= 0.6 is 11.3 Å². The summed E-state index contributed by atoms with van der Waals surface area (Å²) in [5.74, 6) is 0.706. The Kier molecular flexibility index (Phi) is 7.60. The van der Waals surface area contributed by atoms with Crippen molar-refractivity contribution in [1.82, 2.24) is 20.6 Å². The van der Waals surface area contributed by atoms with E-state index in [4.69, 9.17) is 4.74 Å². The number of nitrogens with zero attached hydrogens (tertiary/aromatic N) is 2. The minimum Gasteiger partial charge on any atom is -0.494 e. The maximum absolute atomic E-state index is 12.5. The number of rotatable bonds is 9. The molecule has 1 aliphatic rings. The predicted molar refractivity (Wildman–Crippen MR) is 124 cm³/mol. The third-order valence-electron chi connectivity index (χ3n) is 5.08. The number of pyridine rings is 1. The van der Waals surface area contributed by atoms with Gasteiger partial charge in [0.05, 0.1) is 18.7 Å². The number of hydrogen-bond donors (Lipinski definition) is 3. The third kappa shape index (κ3) is 6.58. The molecule has 1 unspecified atom stereocenters. The van der Waals surface area contributed by atoms with Gasteiger partial charge in [-0.25, -0.2) is 4.98 Å². The standard InChI is InChI=1S/C23H27N5O2S/c29-22(28-23-27-21(16-31-23)18-6-8-24-9-7-18)14-17-3-1-5-20(13-17)30-12-2-4-19-15-25-10-11-26-19/h1,3,5-9,13,16,19,25-26H,2,4,10-12,14-15H2,(H,27,28,29). The molecule has 3 heterocycles. The Hall–Kier alpha value is -2.81. The van der Waals surface area contributed by atoms with Crippen LogP contribution in [0.5, 0.6) is 5.75 Å². The first-order valence-corrected chi connectivity index (χ1v) is 11.5. The van der Waals surface area contributed by atoms with Crippen LogP contribution in [0.15, 0.2) is 54.2 Å². The van der Waals surface area contributed by atoms with Crippen LogP contribution in [0.2, 0.25) is 0 Å². The van der Waals surface area contributed by atoms with Gasteiger partial charge in [0.1, 0.15) is 5.75 Å². The van der Waals surface area contributed by atoms with Crippen LogP contribution in [-0.4, -0.2) is 48.2 Å². The topological polar surface area (TPSA) is 88.2 Å². The monoisotopic (exact) mass is 437 g/mol. The molecule has 1 amide bonds. The number of benzene rings is 1. The summed E-state index contributed by atoms with van der Waals surface area (Å²) < 4.78 is 5.89. The highest BCUT2D eigenvalue weighted by Gasteiger charge is 2.12. The van der Waals surface area contributed by atoms with Gasteiger partial charge >= 0.3 is 0 Å². The maximum Gasteiger partial charge on any atom is 0.230 e. The minimum absolute atomic E-state index is 0.0938. The second-order valence-electron chi connectivity index (χ2n) is 7.49. The lowest BCUT2D eigenvalue weighted by molar-refractivity contribution is -0.115. The van der Waals surface area contributed by atoms with Crippen molar-refractivity contribution in [1.29, 1.82) is 0 Å². The Morgan fingerprint density at radius 3 is 2.97 bits per heavy atom. The molecule has 0 radical (unpaired) electrons. The lowest BCUT2D eigenvalue weighted by Gasteiger charge is -2.24. The van der Waals surface area contributed by atoms with Crippen LogP contribution in [0.3, 0.4) is 0 Å². The average molecular weight is 438 g/mol. The van der Waals surface area contributed by atoms with Crippen molar-refractivity contribution in [2.45, 2.75) is 25.3 Å². The number of anilines is 1. The van der Waals surface area contributed by atoms with Gasteiger partial charge in [-0.1, -0.05) is 12.1 Å². The Bertz CT molecular complexity index is 973. The number of piperazine rings is 1. The fraction of sp³-hybridized carbons (Fsp3) is 0.348. The normalized spacial score (nSPS) is 16.1. The molecule has 0 saturated carbocycles. The van der Waals surface area contributed by atoms with E-state index in [9.17, 15) is 4.79 Å². The van der Waals surface area contributed by atoms with Gasteiger partial charge in [-0.05, 0) is 42.7 Å². The van der Waals surface area contributed by atoms with Crippen LogP contribution in [0.25, 0.3) is 11.3 Å². The zero-order valence-electron chi connectivity index (χ0n) is 17.3. The van der Waals surface area contributed by atoms with Gasteiger partial charge in [0.15, 0.2) is 5.13 Å². The van der Waals surface area contributed by atoms with Crippen molar-refractivity contribution in [3.05, 3.63) is 59.7 Å². The number of amides is 1. The summed E-state index contributed by atoms with van der Waals surface area (Å²) in [6.07, 6.45) is 5.82. The van der Waals surface area contributed by atoms with E-state index < -0.39 is 0 Å². The Morgan fingerprint density at radius 1 is 1.23 bits per heavy atom. The summed E-state index contributed by atoms with van der Waals surface area (Å²) in [6.45, 7) is 3.77. The van der Waals surface area contributed by atoms with Gasteiger partial charge < -0.3 is 20.7 Å². The molecular weight excluding hydrogens is 410 g/mol. The predicted octanol–water partition coefficient (Wildman–Crippen LogP) is 3.11. The molecule has 0 aliphatic carbocycles. The smallest absolute Gasteiger partial charge is 0.230 e. The van der Waals surface area contributed by atoms with Crippen LogP contribution in [0, 0.1) is 0 Å². The Balaban J connectivity index is 1.23. The SMILES string of the molecule is O=C(Cc1cccc(OCCCC2CNCCN2)c1)Nc1nc(-c2ccncc2)cs1. The first kappa shape index (κ1) is 21.4. The number of thiazole rings is 1. The van der Waals surface area contributed by atoms with Crippen molar-refractivity contribution in [2.24, 2.45) is 0 Å². The Labute approximate surface area is 186 Å². The van der Waals surface area contributed by atoms with E-state index in [1.165, 1.54) is 11.3 Å². The van der Waals surface area contributed by atoms with Gasteiger partial charge in [-0.3, -0.25) is 9.78 Å². The van der Waals surface area contributed by atoms with Crippen LogP contribution < -0.4 is 20.7 Å². The second kappa shape index (κ2) is 11.0. The molecule has 2 aromatic heterocycles. The minimum atomic E-state index is -0.0938. The van der Waals surface area contributed by atoms with Crippen molar-refractivity contribution < 1.29 is 9.53 Å². The Morgan fingerprint density at radius 2 is 2.13 bits per heavy atom. The molecule has 7 nitrogen and oxygen atoms in total. The zero-order valence-corrected chi connectivity index (χ0v) is 18.2. The lowest BCUT2D eigenvalue weighted by Crippen LogP contribution is -2.48. The van der Waals surface area contributed by atoms with Crippen molar-refractivity contribution >= 4 is 22.4 Å². The molecular formula is C23H27N5O2S. The summed E-state index contributed by atoms with van der Waals surface area (Å²) in [7, 11) is 0. The molecule has 1 aromatic carbocycles. The molecule has 3 aromatic rings. The van der Waals surface area contributed by atoms with E-state index in [2.05, 4.69) is 25.9 Å². The number of ether oxygens (including phenoxy) is 1. The maximum atomic E-state index is 12.5. The zero-order chi connectivity index (χ0) is 21.3. The summed E-state index contributed by atoms with van der Waals surface area (Å²) in [5.41, 5.74) is 2.73. The molecule has 162 valence electrons. The molecule has 31 heavy (non-hydrogen) atoms. The first-order chi connectivity index (χ1) is 15.3. The van der Waals surface area contributed by atoms with E-state index in [1.54, 1.807) is 12.4 Å². The first-order valence-electron chi connectivity index (χ1n) is 10.6. The van der Waals surface area contributed by atoms with Crippen molar-refractivity contribution in [2.75, 3.05) is 31.6 Å². The fourth-order valence-electron chi connectivity index (χ4n) is 3.52. The van der Waals surface area contributed by atoms with Gasteiger partial charge in [-0.15, -0.1) is 11.3 Å². The van der Waals surface area contributed by atoms with E-state index in [1.807, 2.05) is 41.8 Å². The molecule has 0 spiro atoms. The second-order valence-corrected chi connectivity index (χ2v) is 8.35. The average Bonchev–Trinajstić information content (AvgIpc) is 3.27. The van der Waals surface area contributed by atoms with E-state index in [-0.39, 0.29) is 12.3 Å². The van der Waals surface area contributed by atoms with Crippen molar-refractivity contribution in [3.8, 4) is 17.0 Å². The quantitative estimate of drug-likeness (QED) is 0.446. The summed E-state index contributed by atoms with van der Waals surface area (Å²) >= 11 is 1.41. The largest absolute Gasteiger partial charge is 0.494 e. The van der Waals surface area contributed by atoms with Gasteiger partial charge in [0, 0.05) is 49.0 Å². The molecule has 8 heteroatoms. The van der Waals surface area contributed by atoms with E-state index in [0.717, 1.165) is 55.0 Å². The van der Waals surface area contributed by atoms with Crippen LogP contribution in [0.4, 0.5) is 5.13 Å². The summed E-state index contributed by atoms with van der Waals surface area (Å²) in [4.78, 5) is 21.0. The fourth-order valence-corrected chi connectivity index (χ4v) is 4.25. The lowest BCUT2D eigenvalue weighted by atomic mass is 10.1. The number of aromatic nitrogens is 2. The molecule has 4 rings (SSSR count). The molecule has 1 aliphatic heterocycles. The molecule has 1 fully saturated rings. The number of hydrogen-bond acceptors (Lipinski definition) is 7. The third-order valence-corrected chi connectivity index (χ3v) is 5.84. The molecule has 1 atom stereocenters. The van der Waals surface area contributed by atoms with E-state index >= 15 is 0 Å². The molecule has 0 bridgehead atoms. The number of carbonyl (C=O) groups excluding carboxylic acids is 1. The number of nitrogens with one attached hydrogen (secondary N) is 3. The van der Waals surface area contributed by atoms with Gasteiger partial charge in [0.2, 0.25) is 5.91 Å². The van der Waals surface area contributed by atoms with E-state index in [0.29, 0.717) is 17.8 Å². The highest BCUT2D eigenvalue weighted by Crippen LogP contribution is 2.24. The van der Waals surface area contributed by atoms with Gasteiger partial charge in [0.25, 0.3) is 0 Å². The number of carbonyl (C=O) groups is 1. The molecule has 1 saturated heterocycles. The van der Waals surface area contributed by atoms with Crippen LogP contribution in [0.1, 0.15) is 18.4 Å². The summed E-state index contributed by atoms with van der Waals surface area (Å²) in [5, 5.41) is 12.3.